The Balaban J connectivity index is 1.90. The number of nitrogens with one attached hydrogen (secondary N) is 1. The molecule has 2 heterocycles. The normalized spacial score (nSPS) is 12.2. The Morgan fingerprint density at radius 2 is 2.12 bits per heavy atom. The van der Waals surface area contributed by atoms with Crippen LogP contribution in [0.5, 0.6) is 0 Å². The highest BCUT2D eigenvalue weighted by Gasteiger charge is 2.24. The lowest BCUT2D eigenvalue weighted by molar-refractivity contribution is -0.121. The third-order valence-corrected chi connectivity index (χ3v) is 4.16. The van der Waals surface area contributed by atoms with Crippen LogP contribution in [0.4, 0.5) is 4.39 Å². The molecule has 0 bridgehead atoms. The molecule has 0 saturated heterocycles. The first-order valence-electron chi connectivity index (χ1n) is 7.90. The van der Waals surface area contributed by atoms with E-state index in [9.17, 15) is 9.18 Å². The summed E-state index contributed by atoms with van der Waals surface area (Å²) in [5.74, 6) is 0.503. The molecular weight excluding hydrogens is 323 g/mol. The third kappa shape index (κ3) is 3.45. The van der Waals surface area contributed by atoms with Gasteiger partial charge in [0.2, 0.25) is 5.91 Å². The lowest BCUT2D eigenvalue weighted by atomic mass is 10.0. The van der Waals surface area contributed by atoms with Gasteiger partial charge >= 0.3 is 0 Å². The van der Waals surface area contributed by atoms with Gasteiger partial charge in [-0.1, -0.05) is 23.4 Å². The average molecular weight is 342 g/mol. The Bertz CT molecular complexity index is 881. The minimum atomic E-state index is -0.686. The van der Waals surface area contributed by atoms with Crippen molar-refractivity contribution < 1.29 is 13.7 Å². The van der Waals surface area contributed by atoms with Gasteiger partial charge in [0, 0.05) is 30.6 Å². The van der Waals surface area contributed by atoms with Gasteiger partial charge in [0.05, 0.1) is 12.1 Å². The SMILES string of the molecule is Cc1noc(C)c1CC(=O)N[C@@H](c1ccccc1F)c1nccn1C. The van der Waals surface area contributed by atoms with Crippen LogP contribution in [0.3, 0.4) is 0 Å². The van der Waals surface area contributed by atoms with Crippen LogP contribution in [0.1, 0.15) is 34.4 Å². The number of carbonyl (C=O) groups excluding carboxylic acids is 1. The Morgan fingerprint density at radius 3 is 2.72 bits per heavy atom. The Kier molecular flexibility index (Phi) is 4.65. The number of aryl methyl sites for hydroxylation is 3. The summed E-state index contributed by atoms with van der Waals surface area (Å²) in [5, 5.41) is 6.73. The van der Waals surface area contributed by atoms with Gasteiger partial charge in [-0.15, -0.1) is 0 Å². The second-order valence-corrected chi connectivity index (χ2v) is 5.90. The van der Waals surface area contributed by atoms with Crippen molar-refractivity contribution in [1.29, 1.82) is 0 Å². The highest BCUT2D eigenvalue weighted by atomic mass is 19.1. The fourth-order valence-electron chi connectivity index (χ4n) is 2.77. The second-order valence-electron chi connectivity index (χ2n) is 5.90. The topological polar surface area (TPSA) is 73.0 Å². The van der Waals surface area contributed by atoms with Gasteiger partial charge in [0.25, 0.3) is 0 Å². The number of rotatable bonds is 5. The first kappa shape index (κ1) is 16.9. The van der Waals surface area contributed by atoms with E-state index < -0.39 is 11.9 Å². The van der Waals surface area contributed by atoms with Gasteiger partial charge in [0.1, 0.15) is 23.4 Å². The maximum Gasteiger partial charge on any atom is 0.225 e. The zero-order valence-corrected chi connectivity index (χ0v) is 14.3. The fraction of sp³-hybridized carbons (Fsp3) is 0.278. The summed E-state index contributed by atoms with van der Waals surface area (Å²) < 4.78 is 21.2. The van der Waals surface area contributed by atoms with Crippen LogP contribution < -0.4 is 5.32 Å². The quantitative estimate of drug-likeness (QED) is 0.773. The number of carbonyl (C=O) groups is 1. The molecule has 0 saturated carbocycles. The number of benzene rings is 1. The predicted molar refractivity (Wildman–Crippen MR) is 89.3 cm³/mol. The fourth-order valence-corrected chi connectivity index (χ4v) is 2.77. The van der Waals surface area contributed by atoms with Crippen LogP contribution in [0.25, 0.3) is 0 Å². The minimum Gasteiger partial charge on any atom is -0.361 e. The summed E-state index contributed by atoms with van der Waals surface area (Å²) in [4.78, 5) is 16.8. The van der Waals surface area contributed by atoms with Crippen molar-refractivity contribution in [3.63, 3.8) is 0 Å². The lowest BCUT2D eigenvalue weighted by Crippen LogP contribution is -2.33. The molecule has 7 heteroatoms. The minimum absolute atomic E-state index is 0.108. The predicted octanol–water partition coefficient (Wildman–Crippen LogP) is 2.61. The third-order valence-electron chi connectivity index (χ3n) is 4.16. The summed E-state index contributed by atoms with van der Waals surface area (Å²) in [5.41, 5.74) is 1.78. The summed E-state index contributed by atoms with van der Waals surface area (Å²) >= 11 is 0. The van der Waals surface area contributed by atoms with E-state index in [1.807, 2.05) is 0 Å². The molecule has 3 aromatic rings. The molecule has 1 N–H and O–H groups in total. The van der Waals surface area contributed by atoms with E-state index in [1.54, 1.807) is 56.1 Å². The van der Waals surface area contributed by atoms with Gasteiger partial charge in [-0.25, -0.2) is 9.37 Å². The number of nitrogens with zero attached hydrogens (tertiary/aromatic N) is 3. The summed E-state index contributed by atoms with van der Waals surface area (Å²) in [6, 6.07) is 5.67. The molecule has 0 fully saturated rings. The summed E-state index contributed by atoms with van der Waals surface area (Å²) in [7, 11) is 1.80. The van der Waals surface area contributed by atoms with E-state index in [2.05, 4.69) is 15.5 Å². The van der Waals surface area contributed by atoms with E-state index in [-0.39, 0.29) is 12.3 Å². The second kappa shape index (κ2) is 6.88. The molecule has 1 atom stereocenters. The van der Waals surface area contributed by atoms with Crippen molar-refractivity contribution in [2.75, 3.05) is 0 Å². The lowest BCUT2D eigenvalue weighted by Gasteiger charge is -2.19. The molecular formula is C18H19FN4O2. The molecule has 3 rings (SSSR count). The van der Waals surface area contributed by atoms with E-state index in [0.717, 1.165) is 5.56 Å². The molecule has 0 radical (unpaired) electrons. The van der Waals surface area contributed by atoms with Gasteiger partial charge in [-0.05, 0) is 19.9 Å². The Labute approximate surface area is 144 Å². The highest BCUT2D eigenvalue weighted by molar-refractivity contribution is 5.79. The number of hydrogen-bond donors (Lipinski definition) is 1. The van der Waals surface area contributed by atoms with E-state index in [1.165, 1.54) is 6.07 Å². The molecule has 0 unspecified atom stereocenters. The van der Waals surface area contributed by atoms with Crippen LogP contribution in [0.15, 0.2) is 41.2 Å². The van der Waals surface area contributed by atoms with Crippen LogP contribution in [0, 0.1) is 19.7 Å². The molecule has 130 valence electrons. The highest BCUT2D eigenvalue weighted by Crippen LogP contribution is 2.23. The van der Waals surface area contributed by atoms with E-state index in [4.69, 9.17) is 4.52 Å². The monoisotopic (exact) mass is 342 g/mol. The summed E-state index contributed by atoms with van der Waals surface area (Å²) in [6.07, 6.45) is 3.48. The maximum atomic E-state index is 14.3. The number of aromatic nitrogens is 3. The molecule has 1 aromatic carbocycles. The van der Waals surface area contributed by atoms with Crippen LogP contribution in [-0.2, 0) is 18.3 Å². The first-order chi connectivity index (χ1) is 12.0. The number of amides is 1. The molecule has 1 amide bonds. The summed E-state index contributed by atoms with van der Waals surface area (Å²) in [6.45, 7) is 3.54. The molecule has 25 heavy (non-hydrogen) atoms. The Morgan fingerprint density at radius 1 is 1.36 bits per heavy atom. The molecule has 0 aliphatic rings. The van der Waals surface area contributed by atoms with E-state index >= 15 is 0 Å². The van der Waals surface area contributed by atoms with Gasteiger partial charge in [-0.3, -0.25) is 4.79 Å². The zero-order valence-electron chi connectivity index (χ0n) is 14.3. The number of hydrogen-bond acceptors (Lipinski definition) is 4. The number of halogens is 1. The standard InChI is InChI=1S/C18H19FN4O2/c1-11-14(12(2)25-22-11)10-16(24)21-17(18-20-8-9-23(18)3)13-6-4-5-7-15(13)19/h4-9,17H,10H2,1-3H3,(H,21,24)/t17-/m0/s1. The smallest absolute Gasteiger partial charge is 0.225 e. The van der Waals surface area contributed by atoms with Crippen molar-refractivity contribution in [2.24, 2.45) is 7.05 Å². The molecule has 0 aliphatic carbocycles. The average Bonchev–Trinajstić information content (AvgIpc) is 3.14. The van der Waals surface area contributed by atoms with Crippen LogP contribution in [0.2, 0.25) is 0 Å². The largest absolute Gasteiger partial charge is 0.361 e. The maximum absolute atomic E-state index is 14.3. The van der Waals surface area contributed by atoms with Crippen LogP contribution >= 0.6 is 0 Å². The molecule has 2 aromatic heterocycles. The van der Waals surface area contributed by atoms with Gasteiger partial charge in [0.15, 0.2) is 0 Å². The number of imidazole rings is 1. The molecule has 0 spiro atoms. The van der Waals surface area contributed by atoms with Crippen molar-refractivity contribution >= 4 is 5.91 Å². The first-order valence-corrected chi connectivity index (χ1v) is 7.90. The van der Waals surface area contributed by atoms with Crippen molar-refractivity contribution in [2.45, 2.75) is 26.3 Å². The van der Waals surface area contributed by atoms with Crippen LogP contribution in [-0.4, -0.2) is 20.6 Å². The zero-order chi connectivity index (χ0) is 18.0. The van der Waals surface area contributed by atoms with Gasteiger partial charge in [-0.2, -0.15) is 0 Å². The van der Waals surface area contributed by atoms with Crippen molar-refractivity contribution in [3.05, 3.63) is 70.9 Å². The molecule has 0 aliphatic heterocycles. The van der Waals surface area contributed by atoms with E-state index in [0.29, 0.717) is 22.8 Å². The van der Waals surface area contributed by atoms with Crippen molar-refractivity contribution in [1.82, 2.24) is 20.0 Å². The van der Waals surface area contributed by atoms with Gasteiger partial charge < -0.3 is 14.4 Å². The van der Waals surface area contributed by atoms with Crippen molar-refractivity contribution in [3.8, 4) is 0 Å². The molecule has 6 nitrogen and oxygen atoms in total. The Hall–Kier alpha value is -2.96.